The van der Waals surface area contributed by atoms with Crippen molar-refractivity contribution in [3.63, 3.8) is 0 Å². The average molecular weight is 382 g/mol. The summed E-state index contributed by atoms with van der Waals surface area (Å²) in [6.07, 6.45) is -2.45. The molecule has 3 N–H and O–H groups in total. The molecule has 27 heavy (non-hydrogen) atoms. The zero-order chi connectivity index (χ0) is 20.4. The summed E-state index contributed by atoms with van der Waals surface area (Å²) in [7, 11) is 0. The number of aliphatic carboxylic acids is 1. The van der Waals surface area contributed by atoms with Gasteiger partial charge in [0, 0.05) is 11.6 Å². The van der Waals surface area contributed by atoms with E-state index in [2.05, 4.69) is 10.6 Å². The number of Topliss-reactive ketones (excluding diaryl/α,β-unsaturated/α-hetero) is 1. The van der Waals surface area contributed by atoms with Gasteiger partial charge >= 0.3 is 12.1 Å². The number of hydrogen-bond acceptors (Lipinski definition) is 5. The topological polar surface area (TPSA) is 122 Å². The Kier molecular flexibility index (Phi) is 8.91. The molecule has 0 saturated heterocycles. The fraction of sp³-hybridized carbons (Fsp3) is 0.444. The van der Waals surface area contributed by atoms with Crippen molar-refractivity contribution in [2.75, 3.05) is 12.0 Å². The van der Waals surface area contributed by atoms with Gasteiger partial charge < -0.3 is 15.2 Å². The molecule has 8 nitrogen and oxygen atoms in total. The molecular weight excluding hydrogens is 359 g/mol. The van der Waals surface area contributed by atoms with Crippen LogP contribution in [0, 0.1) is 5.92 Å². The van der Waals surface area contributed by atoms with Crippen molar-refractivity contribution in [2.24, 2.45) is 5.92 Å². The summed E-state index contributed by atoms with van der Waals surface area (Å²) in [5.41, 5.74) is 0.460. The largest absolute Gasteiger partial charge is 0.481 e. The summed E-state index contributed by atoms with van der Waals surface area (Å²) in [6, 6.07) is 6.88. The van der Waals surface area contributed by atoms with E-state index in [9.17, 15) is 23.6 Å². The van der Waals surface area contributed by atoms with Gasteiger partial charge in [0.05, 0.1) is 6.42 Å². The second-order valence-electron chi connectivity index (χ2n) is 5.96. The van der Waals surface area contributed by atoms with Crippen LogP contribution in [0.5, 0.6) is 0 Å². The Labute approximate surface area is 156 Å². The van der Waals surface area contributed by atoms with Gasteiger partial charge in [-0.05, 0) is 18.6 Å². The van der Waals surface area contributed by atoms with Gasteiger partial charge in [0.25, 0.3) is 5.91 Å². The van der Waals surface area contributed by atoms with E-state index < -0.39 is 54.9 Å². The van der Waals surface area contributed by atoms with Gasteiger partial charge in [-0.2, -0.15) is 0 Å². The van der Waals surface area contributed by atoms with E-state index >= 15 is 0 Å². The number of hydrogen-bond donors (Lipinski definition) is 3. The molecule has 1 aromatic carbocycles. The van der Waals surface area contributed by atoms with Crippen LogP contribution in [-0.2, 0) is 19.1 Å². The van der Waals surface area contributed by atoms with Crippen LogP contribution in [0.2, 0.25) is 0 Å². The van der Waals surface area contributed by atoms with Crippen LogP contribution >= 0.6 is 0 Å². The Bertz CT molecular complexity index is 667. The fourth-order valence-corrected chi connectivity index (χ4v) is 2.19. The second kappa shape index (κ2) is 10.9. The number of carboxylic acid groups (broad SMARTS) is 1. The van der Waals surface area contributed by atoms with Crippen LogP contribution in [0.1, 0.15) is 26.7 Å². The first-order valence-electron chi connectivity index (χ1n) is 8.42. The Hall–Kier alpha value is -2.97. The molecule has 3 atom stereocenters. The molecule has 0 aliphatic heterocycles. The maximum absolute atomic E-state index is 12.6. The number of benzene rings is 1. The highest BCUT2D eigenvalue weighted by Crippen LogP contribution is 2.15. The van der Waals surface area contributed by atoms with Crippen molar-refractivity contribution in [1.82, 2.24) is 5.32 Å². The molecule has 0 radical (unpaired) electrons. The smallest absolute Gasteiger partial charge is 0.412 e. The van der Waals surface area contributed by atoms with E-state index in [-0.39, 0.29) is 0 Å². The number of anilines is 1. The fourth-order valence-electron chi connectivity index (χ4n) is 2.19. The molecule has 1 aromatic rings. The van der Waals surface area contributed by atoms with Crippen molar-refractivity contribution in [3.05, 3.63) is 30.3 Å². The number of para-hydroxylation sites is 1. The molecule has 0 heterocycles. The lowest BCUT2D eigenvalue weighted by molar-refractivity contribution is -0.141. The number of ether oxygens (including phenoxy) is 1. The van der Waals surface area contributed by atoms with Gasteiger partial charge in [-0.15, -0.1) is 0 Å². The van der Waals surface area contributed by atoms with Crippen LogP contribution in [0.25, 0.3) is 0 Å². The molecule has 0 aliphatic rings. The molecule has 2 amide bonds. The summed E-state index contributed by atoms with van der Waals surface area (Å²) < 4.78 is 17.8. The highest BCUT2D eigenvalue weighted by atomic mass is 19.1. The van der Waals surface area contributed by atoms with Crippen LogP contribution in [0.3, 0.4) is 0 Å². The lowest BCUT2D eigenvalue weighted by Gasteiger charge is -2.24. The molecule has 0 aromatic heterocycles. The third-order valence-electron chi connectivity index (χ3n) is 3.89. The van der Waals surface area contributed by atoms with Crippen molar-refractivity contribution in [1.29, 1.82) is 0 Å². The number of amides is 2. The van der Waals surface area contributed by atoms with Crippen molar-refractivity contribution in [3.8, 4) is 0 Å². The van der Waals surface area contributed by atoms with Crippen molar-refractivity contribution in [2.45, 2.75) is 38.8 Å². The quantitative estimate of drug-likeness (QED) is 0.570. The first-order chi connectivity index (χ1) is 12.8. The number of carbonyl (C=O) groups is 4. The molecule has 0 aliphatic carbocycles. The van der Waals surface area contributed by atoms with Crippen LogP contribution in [0.4, 0.5) is 14.9 Å². The molecule has 1 rings (SSSR count). The molecule has 0 bridgehead atoms. The Balaban J connectivity index is 2.84. The van der Waals surface area contributed by atoms with Gasteiger partial charge in [0.1, 0.15) is 12.7 Å². The van der Waals surface area contributed by atoms with Gasteiger partial charge in [-0.25, -0.2) is 9.18 Å². The predicted octanol–water partition coefficient (Wildman–Crippen LogP) is 2.15. The van der Waals surface area contributed by atoms with Gasteiger partial charge in [-0.1, -0.05) is 32.0 Å². The third kappa shape index (κ3) is 7.43. The summed E-state index contributed by atoms with van der Waals surface area (Å²) in [6.45, 7) is 2.01. The number of ketones is 1. The summed E-state index contributed by atoms with van der Waals surface area (Å²) >= 11 is 0. The zero-order valence-corrected chi connectivity index (χ0v) is 15.1. The summed E-state index contributed by atoms with van der Waals surface area (Å²) in [4.78, 5) is 46.9. The molecule has 9 heteroatoms. The lowest BCUT2D eigenvalue weighted by atomic mass is 10.00. The van der Waals surface area contributed by atoms with Crippen molar-refractivity contribution < 1.29 is 33.4 Å². The molecule has 148 valence electrons. The zero-order valence-electron chi connectivity index (χ0n) is 15.1. The second-order valence-corrected chi connectivity index (χ2v) is 5.96. The van der Waals surface area contributed by atoms with Crippen LogP contribution in [-0.4, -0.2) is 47.7 Å². The Morgan fingerprint density at radius 3 is 2.33 bits per heavy atom. The van der Waals surface area contributed by atoms with E-state index in [1.807, 2.05) is 0 Å². The number of halogens is 1. The molecular formula is C18H23FN2O6. The monoisotopic (exact) mass is 382 g/mol. The van der Waals surface area contributed by atoms with Crippen LogP contribution < -0.4 is 10.6 Å². The van der Waals surface area contributed by atoms with Crippen LogP contribution in [0.15, 0.2) is 30.3 Å². The average Bonchev–Trinajstić information content (AvgIpc) is 2.64. The van der Waals surface area contributed by atoms with Crippen molar-refractivity contribution >= 4 is 29.4 Å². The van der Waals surface area contributed by atoms with E-state index in [4.69, 9.17) is 9.84 Å². The van der Waals surface area contributed by atoms with E-state index in [1.54, 1.807) is 44.2 Å². The summed E-state index contributed by atoms with van der Waals surface area (Å²) in [5, 5.41) is 13.5. The van der Waals surface area contributed by atoms with Gasteiger partial charge in [0.15, 0.2) is 11.9 Å². The highest BCUT2D eigenvalue weighted by molar-refractivity contribution is 5.94. The number of alkyl halides is 1. The normalized spacial score (nSPS) is 13.7. The standard InChI is InChI=1S/C18H23FN2O6/c1-3-11(2)16(27-18(26)20-12-7-5-4-6-8-12)17(25)21-13(9-15(23)24)14(22)10-19/h4-8,11,13,16H,3,9-10H2,1-2H3,(H,20,26)(H,21,25)(H,23,24). The first-order valence-corrected chi connectivity index (χ1v) is 8.42. The number of rotatable bonds is 10. The minimum absolute atomic E-state index is 0.419. The highest BCUT2D eigenvalue weighted by Gasteiger charge is 2.32. The maximum atomic E-state index is 12.6. The van der Waals surface area contributed by atoms with E-state index in [0.29, 0.717) is 12.1 Å². The molecule has 3 unspecified atom stereocenters. The predicted molar refractivity (Wildman–Crippen MR) is 95.0 cm³/mol. The van der Waals surface area contributed by atoms with Gasteiger partial charge in [0.2, 0.25) is 0 Å². The number of carbonyl (C=O) groups excluding carboxylic acids is 3. The maximum Gasteiger partial charge on any atom is 0.412 e. The third-order valence-corrected chi connectivity index (χ3v) is 3.89. The first kappa shape index (κ1) is 22.1. The Morgan fingerprint density at radius 2 is 1.81 bits per heavy atom. The minimum atomic E-state index is -1.53. The molecule has 0 fully saturated rings. The van der Waals surface area contributed by atoms with E-state index in [0.717, 1.165) is 0 Å². The minimum Gasteiger partial charge on any atom is -0.481 e. The summed E-state index contributed by atoms with van der Waals surface area (Å²) in [5.74, 6) is -3.72. The lowest BCUT2D eigenvalue weighted by Crippen LogP contribution is -2.50. The number of nitrogens with one attached hydrogen (secondary N) is 2. The molecule has 0 spiro atoms. The Morgan fingerprint density at radius 1 is 1.19 bits per heavy atom. The number of carboxylic acids is 1. The van der Waals surface area contributed by atoms with E-state index in [1.165, 1.54) is 0 Å². The molecule has 0 saturated carbocycles. The van der Waals surface area contributed by atoms with Gasteiger partial charge in [-0.3, -0.25) is 19.7 Å². The SMILES string of the molecule is CCC(C)C(OC(=O)Nc1ccccc1)C(=O)NC(CC(=O)O)C(=O)CF.